The number of carboxylic acids is 1. The Hall–Kier alpha value is -2.06. The maximum atomic E-state index is 11.4. The maximum absolute atomic E-state index is 11.4. The standard InChI is InChI=1S/C11H21N3O6/c1-9(15)19-10(2)20-12-14(18)13(3)8-6-4-5-7-11(16)17/h10H,4-8H2,1-3H3,(H,16,17)/b14-12-. The molecule has 0 saturated heterocycles. The monoisotopic (exact) mass is 291 g/mol. The van der Waals surface area contributed by atoms with Crippen molar-refractivity contribution in [3.05, 3.63) is 5.21 Å². The van der Waals surface area contributed by atoms with Crippen molar-refractivity contribution in [1.29, 1.82) is 0 Å². The van der Waals surface area contributed by atoms with Crippen LogP contribution in [0.4, 0.5) is 0 Å². The summed E-state index contributed by atoms with van der Waals surface area (Å²) >= 11 is 0. The van der Waals surface area contributed by atoms with Crippen molar-refractivity contribution in [2.24, 2.45) is 5.28 Å². The summed E-state index contributed by atoms with van der Waals surface area (Å²) in [5.74, 6) is -1.36. The molecule has 0 aromatic carbocycles. The molecule has 0 aromatic heterocycles. The van der Waals surface area contributed by atoms with E-state index in [0.29, 0.717) is 25.8 Å². The molecule has 1 unspecified atom stereocenters. The Morgan fingerprint density at radius 2 is 2.05 bits per heavy atom. The molecular formula is C11H21N3O6. The highest BCUT2D eigenvalue weighted by molar-refractivity contribution is 5.66. The first kappa shape index (κ1) is 17.9. The van der Waals surface area contributed by atoms with Crippen molar-refractivity contribution >= 4 is 11.9 Å². The Morgan fingerprint density at radius 3 is 2.60 bits per heavy atom. The third kappa shape index (κ3) is 9.92. The number of hydrogen-bond acceptors (Lipinski definition) is 6. The minimum Gasteiger partial charge on any atom is -0.569 e. The van der Waals surface area contributed by atoms with Crippen LogP contribution in [-0.4, -0.2) is 46.9 Å². The molecule has 0 aliphatic heterocycles. The van der Waals surface area contributed by atoms with Gasteiger partial charge >= 0.3 is 11.9 Å². The fourth-order valence-corrected chi connectivity index (χ4v) is 1.30. The largest absolute Gasteiger partial charge is 0.569 e. The summed E-state index contributed by atoms with van der Waals surface area (Å²) in [6, 6.07) is 0. The first-order valence-corrected chi connectivity index (χ1v) is 6.27. The van der Waals surface area contributed by atoms with Gasteiger partial charge in [-0.2, -0.15) is 0 Å². The molecule has 0 spiro atoms. The molecule has 0 aromatic rings. The van der Waals surface area contributed by atoms with E-state index in [0.717, 1.165) is 0 Å². The summed E-state index contributed by atoms with van der Waals surface area (Å²) < 4.78 is 4.62. The Balaban J connectivity index is 3.86. The predicted molar refractivity (Wildman–Crippen MR) is 67.1 cm³/mol. The molecule has 1 N–H and O–H groups in total. The van der Waals surface area contributed by atoms with Crippen LogP contribution in [0.3, 0.4) is 0 Å². The third-order valence-corrected chi connectivity index (χ3v) is 2.26. The zero-order valence-corrected chi connectivity index (χ0v) is 11.9. The van der Waals surface area contributed by atoms with Crippen LogP contribution in [0.25, 0.3) is 0 Å². The molecule has 1 atom stereocenters. The average Bonchev–Trinajstić information content (AvgIpc) is 2.34. The second-order valence-electron chi connectivity index (χ2n) is 4.20. The second kappa shape index (κ2) is 9.82. The van der Waals surface area contributed by atoms with Crippen molar-refractivity contribution < 1.29 is 29.2 Å². The minimum absolute atomic E-state index is 0.123. The van der Waals surface area contributed by atoms with Crippen molar-refractivity contribution in [1.82, 2.24) is 5.01 Å². The molecule has 9 nitrogen and oxygen atoms in total. The number of carbonyl (C=O) groups is 2. The lowest BCUT2D eigenvalue weighted by Gasteiger charge is -2.13. The van der Waals surface area contributed by atoms with E-state index in [1.807, 2.05) is 0 Å². The fourth-order valence-electron chi connectivity index (χ4n) is 1.30. The number of carbonyl (C=O) groups excluding carboxylic acids is 1. The quantitative estimate of drug-likeness (QED) is 0.161. The molecule has 116 valence electrons. The highest BCUT2D eigenvalue weighted by Gasteiger charge is 2.10. The zero-order chi connectivity index (χ0) is 15.5. The number of aliphatic carboxylic acids is 1. The van der Waals surface area contributed by atoms with E-state index in [4.69, 9.17) is 5.11 Å². The summed E-state index contributed by atoms with van der Waals surface area (Å²) in [5.41, 5.74) is 0. The zero-order valence-electron chi connectivity index (χ0n) is 11.9. The van der Waals surface area contributed by atoms with Gasteiger partial charge in [-0.05, 0) is 12.8 Å². The van der Waals surface area contributed by atoms with Crippen LogP contribution in [0, 0.1) is 5.21 Å². The maximum Gasteiger partial charge on any atom is 0.305 e. The van der Waals surface area contributed by atoms with Gasteiger partial charge in [-0.15, -0.1) is 5.01 Å². The Labute approximate surface area is 117 Å². The highest BCUT2D eigenvalue weighted by atomic mass is 16.8. The van der Waals surface area contributed by atoms with Gasteiger partial charge in [0.05, 0.1) is 18.6 Å². The van der Waals surface area contributed by atoms with Crippen molar-refractivity contribution in [3.8, 4) is 0 Å². The molecule has 0 heterocycles. The normalized spacial score (nSPS) is 12.7. The molecule has 0 aliphatic rings. The summed E-state index contributed by atoms with van der Waals surface area (Å²) in [5, 5.41) is 24.4. The Morgan fingerprint density at radius 1 is 1.40 bits per heavy atom. The third-order valence-electron chi connectivity index (χ3n) is 2.26. The number of carboxylic acid groups (broad SMARTS) is 1. The predicted octanol–water partition coefficient (Wildman–Crippen LogP) is 1.28. The van der Waals surface area contributed by atoms with Gasteiger partial charge in [0.25, 0.3) is 6.29 Å². The van der Waals surface area contributed by atoms with E-state index < -0.39 is 18.2 Å². The van der Waals surface area contributed by atoms with E-state index in [2.05, 4.69) is 14.9 Å². The molecule has 0 aliphatic carbocycles. The van der Waals surface area contributed by atoms with Crippen LogP contribution in [-0.2, 0) is 19.2 Å². The van der Waals surface area contributed by atoms with Crippen molar-refractivity contribution in [2.45, 2.75) is 45.8 Å². The van der Waals surface area contributed by atoms with Gasteiger partial charge in [-0.1, -0.05) is 6.42 Å². The van der Waals surface area contributed by atoms with Crippen LogP contribution >= 0.6 is 0 Å². The molecule has 0 amide bonds. The number of unbranched alkanes of at least 4 members (excludes halogenated alkanes) is 2. The van der Waals surface area contributed by atoms with E-state index >= 15 is 0 Å². The topological polar surface area (TPSA) is 114 Å². The van der Waals surface area contributed by atoms with Gasteiger partial charge in [-0.25, -0.2) is 0 Å². The minimum atomic E-state index is -0.937. The van der Waals surface area contributed by atoms with E-state index in [-0.39, 0.29) is 11.4 Å². The molecule has 0 rings (SSSR count). The van der Waals surface area contributed by atoms with Crippen LogP contribution in [0.15, 0.2) is 5.28 Å². The number of hydrazine groups is 1. The first-order chi connectivity index (χ1) is 9.32. The van der Waals surface area contributed by atoms with Gasteiger partial charge in [-0.3, -0.25) is 14.4 Å². The molecule has 20 heavy (non-hydrogen) atoms. The number of rotatable bonds is 10. The Bertz CT molecular complexity index is 347. The Kier molecular flexibility index (Phi) is 8.80. The molecule has 0 radical (unpaired) electrons. The molecular weight excluding hydrogens is 270 g/mol. The molecule has 0 bridgehead atoms. The van der Waals surface area contributed by atoms with Gasteiger partial charge in [0.2, 0.25) is 5.28 Å². The van der Waals surface area contributed by atoms with Crippen LogP contribution in [0.5, 0.6) is 0 Å². The summed E-state index contributed by atoms with van der Waals surface area (Å²) in [6.45, 7) is 3.07. The SMILES string of the molecule is CC(=O)OC(C)O/N=[N+](\[O-])N(C)CCCCCC(=O)O. The lowest BCUT2D eigenvalue weighted by molar-refractivity contribution is -0.707. The second-order valence-corrected chi connectivity index (χ2v) is 4.20. The number of hydrogen-bond donors (Lipinski definition) is 1. The lowest BCUT2D eigenvalue weighted by atomic mass is 10.2. The van der Waals surface area contributed by atoms with Gasteiger partial charge in [0.15, 0.2) is 0 Å². The summed E-state index contributed by atoms with van der Waals surface area (Å²) in [6.07, 6.45) is 1.12. The van der Waals surface area contributed by atoms with Gasteiger partial charge < -0.3 is 15.1 Å². The molecule has 9 heteroatoms. The van der Waals surface area contributed by atoms with E-state index in [1.165, 1.54) is 25.9 Å². The van der Waals surface area contributed by atoms with Gasteiger partial charge in [0, 0.05) is 20.3 Å². The lowest BCUT2D eigenvalue weighted by Crippen LogP contribution is -2.28. The summed E-state index contributed by atoms with van der Waals surface area (Å²) in [7, 11) is 1.52. The number of esters is 1. The van der Waals surface area contributed by atoms with Crippen molar-refractivity contribution in [3.63, 3.8) is 0 Å². The number of nitrogens with zero attached hydrogens (tertiary/aromatic N) is 3. The fraction of sp³-hybridized carbons (Fsp3) is 0.818. The smallest absolute Gasteiger partial charge is 0.305 e. The summed E-state index contributed by atoms with van der Waals surface area (Å²) in [4.78, 5) is 25.8. The highest BCUT2D eigenvalue weighted by Crippen LogP contribution is 2.02. The number of ether oxygens (including phenoxy) is 1. The van der Waals surface area contributed by atoms with Crippen LogP contribution in [0.1, 0.15) is 39.5 Å². The first-order valence-electron chi connectivity index (χ1n) is 6.27. The van der Waals surface area contributed by atoms with E-state index in [1.54, 1.807) is 0 Å². The van der Waals surface area contributed by atoms with Gasteiger partial charge in [0.1, 0.15) is 0 Å². The van der Waals surface area contributed by atoms with Crippen LogP contribution in [0.2, 0.25) is 0 Å². The molecule has 0 fully saturated rings. The average molecular weight is 291 g/mol. The van der Waals surface area contributed by atoms with E-state index in [9.17, 15) is 14.8 Å². The molecule has 0 saturated carbocycles. The van der Waals surface area contributed by atoms with Crippen molar-refractivity contribution in [2.75, 3.05) is 13.6 Å². The van der Waals surface area contributed by atoms with Crippen LogP contribution < -0.4 is 0 Å².